The first-order chi connectivity index (χ1) is 9.09. The molecule has 2 N–H and O–H groups in total. The number of nitrogens with one attached hydrogen (secondary N) is 2. The van der Waals surface area contributed by atoms with E-state index in [9.17, 15) is 8.42 Å². The molecule has 0 rings (SSSR count). The standard InChI is InChI=1S/C13H29N3O3S/c1-7-14-12(15-10-13(3,4)19-5)16-11(2)8-9-20(6,17)18/h11H,7-10H2,1-6H3,(H2,14,15,16). The fraction of sp³-hybridized carbons (Fsp3) is 0.923. The summed E-state index contributed by atoms with van der Waals surface area (Å²) in [7, 11) is -1.27. The SMILES string of the molecule is CCNC(=NCC(C)(C)OC)NC(C)CCS(C)(=O)=O. The number of hydrogen-bond acceptors (Lipinski definition) is 4. The van der Waals surface area contributed by atoms with Gasteiger partial charge in [0.05, 0.1) is 17.9 Å². The first kappa shape index (κ1) is 19.2. The molecule has 0 heterocycles. The van der Waals surface area contributed by atoms with Gasteiger partial charge in [-0.25, -0.2) is 8.42 Å². The van der Waals surface area contributed by atoms with Crippen LogP contribution in [0.25, 0.3) is 0 Å². The average molecular weight is 307 g/mol. The average Bonchev–Trinajstić information content (AvgIpc) is 2.33. The van der Waals surface area contributed by atoms with Crippen LogP contribution in [0, 0.1) is 0 Å². The molecule has 0 bridgehead atoms. The largest absolute Gasteiger partial charge is 0.377 e. The number of nitrogens with zero attached hydrogens (tertiary/aromatic N) is 1. The Kier molecular flexibility index (Phi) is 8.12. The lowest BCUT2D eigenvalue weighted by Gasteiger charge is -2.22. The van der Waals surface area contributed by atoms with Crippen LogP contribution in [0.2, 0.25) is 0 Å². The maximum atomic E-state index is 11.2. The molecule has 120 valence electrons. The van der Waals surface area contributed by atoms with E-state index in [4.69, 9.17) is 4.74 Å². The summed E-state index contributed by atoms with van der Waals surface area (Å²) in [5.41, 5.74) is -0.321. The predicted octanol–water partition coefficient (Wildman–Crippen LogP) is 0.790. The van der Waals surface area contributed by atoms with Gasteiger partial charge in [-0.05, 0) is 34.1 Å². The topological polar surface area (TPSA) is 79.8 Å². The van der Waals surface area contributed by atoms with Crippen molar-refractivity contribution >= 4 is 15.8 Å². The van der Waals surface area contributed by atoms with Crippen LogP contribution < -0.4 is 10.6 Å². The van der Waals surface area contributed by atoms with Gasteiger partial charge in [-0.2, -0.15) is 0 Å². The highest BCUT2D eigenvalue weighted by Gasteiger charge is 2.16. The van der Waals surface area contributed by atoms with Crippen molar-refractivity contribution in [2.75, 3.05) is 32.2 Å². The number of hydrogen-bond donors (Lipinski definition) is 2. The molecule has 7 heteroatoms. The number of methoxy groups -OCH3 is 1. The van der Waals surface area contributed by atoms with Gasteiger partial charge in [0.1, 0.15) is 9.84 Å². The van der Waals surface area contributed by atoms with E-state index in [-0.39, 0.29) is 17.4 Å². The van der Waals surface area contributed by atoms with Crippen LogP contribution in [0.4, 0.5) is 0 Å². The van der Waals surface area contributed by atoms with Gasteiger partial charge in [0.25, 0.3) is 0 Å². The summed E-state index contributed by atoms with van der Waals surface area (Å²) in [6, 6.07) is 0.0354. The second-order valence-electron chi connectivity index (χ2n) is 5.62. The van der Waals surface area contributed by atoms with Crippen molar-refractivity contribution in [3.05, 3.63) is 0 Å². The Bertz CT molecular complexity index is 405. The minimum atomic E-state index is -2.93. The molecule has 0 aliphatic carbocycles. The Balaban J connectivity index is 4.49. The first-order valence-corrected chi connectivity index (χ1v) is 8.93. The molecule has 0 saturated heterocycles. The molecule has 0 fully saturated rings. The van der Waals surface area contributed by atoms with E-state index in [1.165, 1.54) is 6.26 Å². The second kappa shape index (κ2) is 8.46. The summed E-state index contributed by atoms with van der Waals surface area (Å²) in [6.45, 7) is 9.13. The molecule has 0 aromatic heterocycles. The second-order valence-corrected chi connectivity index (χ2v) is 7.88. The van der Waals surface area contributed by atoms with Gasteiger partial charge in [0.15, 0.2) is 5.96 Å². The van der Waals surface area contributed by atoms with Crippen molar-refractivity contribution in [1.82, 2.24) is 10.6 Å². The zero-order valence-electron chi connectivity index (χ0n) is 13.5. The van der Waals surface area contributed by atoms with Gasteiger partial charge in [0, 0.05) is 26.0 Å². The van der Waals surface area contributed by atoms with E-state index in [1.54, 1.807) is 7.11 Å². The monoisotopic (exact) mass is 307 g/mol. The molecule has 1 atom stereocenters. The van der Waals surface area contributed by atoms with Crippen molar-refractivity contribution in [3.63, 3.8) is 0 Å². The Hall–Kier alpha value is -0.820. The quantitative estimate of drug-likeness (QED) is 0.512. The highest BCUT2D eigenvalue weighted by molar-refractivity contribution is 7.90. The normalized spacial score (nSPS) is 15.0. The maximum Gasteiger partial charge on any atom is 0.191 e. The minimum absolute atomic E-state index is 0.0354. The highest BCUT2D eigenvalue weighted by atomic mass is 32.2. The van der Waals surface area contributed by atoms with Crippen LogP contribution in [0.5, 0.6) is 0 Å². The van der Waals surface area contributed by atoms with Crippen molar-refractivity contribution in [3.8, 4) is 0 Å². The molecule has 0 aromatic carbocycles. The lowest BCUT2D eigenvalue weighted by Crippen LogP contribution is -2.43. The Morgan fingerprint density at radius 1 is 1.40 bits per heavy atom. The van der Waals surface area contributed by atoms with Crippen LogP contribution in [0.1, 0.15) is 34.1 Å². The van der Waals surface area contributed by atoms with E-state index in [1.807, 2.05) is 27.7 Å². The fourth-order valence-corrected chi connectivity index (χ4v) is 2.13. The van der Waals surface area contributed by atoms with E-state index >= 15 is 0 Å². The molecule has 6 nitrogen and oxygen atoms in total. The molecule has 0 spiro atoms. The number of guanidine groups is 1. The van der Waals surface area contributed by atoms with Crippen molar-refractivity contribution in [1.29, 1.82) is 0 Å². The van der Waals surface area contributed by atoms with Crippen molar-refractivity contribution in [2.45, 2.75) is 45.8 Å². The van der Waals surface area contributed by atoms with E-state index in [0.29, 0.717) is 18.9 Å². The molecular formula is C13H29N3O3S. The predicted molar refractivity (Wildman–Crippen MR) is 84.0 cm³/mol. The Morgan fingerprint density at radius 2 is 2.00 bits per heavy atom. The van der Waals surface area contributed by atoms with Gasteiger partial charge in [-0.3, -0.25) is 4.99 Å². The Labute approximate surface area is 123 Å². The molecule has 0 aromatic rings. The van der Waals surface area contributed by atoms with Gasteiger partial charge in [-0.1, -0.05) is 0 Å². The zero-order valence-corrected chi connectivity index (χ0v) is 14.3. The molecular weight excluding hydrogens is 278 g/mol. The van der Waals surface area contributed by atoms with Crippen LogP contribution in [-0.2, 0) is 14.6 Å². The summed E-state index contributed by atoms with van der Waals surface area (Å²) < 4.78 is 27.6. The van der Waals surface area contributed by atoms with Crippen molar-refractivity contribution < 1.29 is 13.2 Å². The summed E-state index contributed by atoms with van der Waals surface area (Å²) in [5.74, 6) is 0.850. The molecule has 0 saturated carbocycles. The number of sulfone groups is 1. The van der Waals surface area contributed by atoms with E-state index in [0.717, 1.165) is 6.54 Å². The number of ether oxygens (including phenoxy) is 1. The minimum Gasteiger partial charge on any atom is -0.377 e. The van der Waals surface area contributed by atoms with E-state index in [2.05, 4.69) is 15.6 Å². The third kappa shape index (κ3) is 10.0. The molecule has 0 aliphatic heterocycles. The zero-order chi connectivity index (χ0) is 15.8. The van der Waals surface area contributed by atoms with E-state index < -0.39 is 9.84 Å². The third-order valence-electron chi connectivity index (χ3n) is 2.82. The number of aliphatic imine (C=N–C) groups is 1. The molecule has 20 heavy (non-hydrogen) atoms. The summed E-state index contributed by atoms with van der Waals surface area (Å²) >= 11 is 0. The lowest BCUT2D eigenvalue weighted by atomic mass is 10.1. The van der Waals surface area contributed by atoms with Crippen LogP contribution >= 0.6 is 0 Å². The van der Waals surface area contributed by atoms with Crippen LogP contribution in [0.3, 0.4) is 0 Å². The maximum absolute atomic E-state index is 11.2. The highest BCUT2D eigenvalue weighted by Crippen LogP contribution is 2.07. The van der Waals surface area contributed by atoms with Crippen LogP contribution in [0.15, 0.2) is 4.99 Å². The van der Waals surface area contributed by atoms with Gasteiger partial charge < -0.3 is 15.4 Å². The third-order valence-corrected chi connectivity index (χ3v) is 3.80. The molecule has 0 amide bonds. The van der Waals surface area contributed by atoms with Crippen molar-refractivity contribution in [2.24, 2.45) is 4.99 Å². The van der Waals surface area contributed by atoms with Crippen LogP contribution in [-0.4, -0.2) is 58.2 Å². The molecule has 0 radical (unpaired) electrons. The van der Waals surface area contributed by atoms with Gasteiger partial charge in [0.2, 0.25) is 0 Å². The lowest BCUT2D eigenvalue weighted by molar-refractivity contribution is 0.0310. The molecule has 1 unspecified atom stereocenters. The first-order valence-electron chi connectivity index (χ1n) is 6.87. The summed E-state index contributed by atoms with van der Waals surface area (Å²) in [5, 5.41) is 6.35. The summed E-state index contributed by atoms with van der Waals surface area (Å²) in [4.78, 5) is 4.46. The summed E-state index contributed by atoms with van der Waals surface area (Å²) in [6.07, 6.45) is 1.80. The fourth-order valence-electron chi connectivity index (χ4n) is 1.35. The smallest absolute Gasteiger partial charge is 0.191 e. The number of rotatable bonds is 8. The van der Waals surface area contributed by atoms with Gasteiger partial charge in [-0.15, -0.1) is 0 Å². The molecule has 0 aliphatic rings. The Morgan fingerprint density at radius 3 is 2.45 bits per heavy atom. The van der Waals surface area contributed by atoms with Gasteiger partial charge >= 0.3 is 0 Å².